The first-order valence-electron chi connectivity index (χ1n) is 5.84. The minimum absolute atomic E-state index is 0.0770. The van der Waals surface area contributed by atoms with Crippen LogP contribution < -0.4 is 5.32 Å². The fourth-order valence-corrected chi connectivity index (χ4v) is 2.20. The second-order valence-corrected chi connectivity index (χ2v) is 5.39. The predicted molar refractivity (Wildman–Crippen MR) is 77.9 cm³/mol. The van der Waals surface area contributed by atoms with Gasteiger partial charge >= 0.3 is 5.97 Å². The second-order valence-electron chi connectivity index (χ2n) is 4.29. The number of carboxylic acids is 1. The molecule has 0 fully saturated rings. The highest BCUT2D eigenvalue weighted by molar-refractivity contribution is 7.99. The number of carboxylic acid groups (broad SMARTS) is 1. The van der Waals surface area contributed by atoms with Gasteiger partial charge in [-0.1, -0.05) is 0 Å². The van der Waals surface area contributed by atoms with Crippen molar-refractivity contribution in [2.24, 2.45) is 0 Å². The number of nitrogens with one attached hydrogen (secondary N) is 1. The van der Waals surface area contributed by atoms with Crippen molar-refractivity contribution in [3.8, 4) is 0 Å². The molecule has 0 aliphatic heterocycles. The van der Waals surface area contributed by atoms with Crippen molar-refractivity contribution in [2.45, 2.75) is 0 Å². The van der Waals surface area contributed by atoms with Crippen LogP contribution in [0.3, 0.4) is 0 Å². The highest BCUT2D eigenvalue weighted by Crippen LogP contribution is 2.10. The van der Waals surface area contributed by atoms with E-state index < -0.39 is 5.97 Å². The molecule has 0 spiro atoms. The second kappa shape index (κ2) is 7.81. The summed E-state index contributed by atoms with van der Waals surface area (Å²) in [4.78, 5) is 24.3. The van der Waals surface area contributed by atoms with E-state index in [1.165, 1.54) is 12.1 Å². The monoisotopic (exact) mass is 282 g/mol. The zero-order valence-corrected chi connectivity index (χ0v) is 11.9. The number of nitrogens with zero attached hydrogens (tertiary/aromatic N) is 1. The van der Waals surface area contributed by atoms with Crippen LogP contribution in [0.2, 0.25) is 0 Å². The SMILES string of the molecule is CN(C)CCSCC(=O)Nc1ccc(C(=O)O)cc1. The number of rotatable bonds is 7. The van der Waals surface area contributed by atoms with Crippen LogP contribution in [0.1, 0.15) is 10.4 Å². The molecule has 1 aromatic rings. The van der Waals surface area contributed by atoms with Crippen molar-refractivity contribution < 1.29 is 14.7 Å². The van der Waals surface area contributed by atoms with Crippen LogP contribution in [0, 0.1) is 0 Å². The van der Waals surface area contributed by atoms with Gasteiger partial charge in [-0.3, -0.25) is 4.79 Å². The molecule has 5 nitrogen and oxygen atoms in total. The lowest BCUT2D eigenvalue weighted by molar-refractivity contribution is -0.113. The summed E-state index contributed by atoms with van der Waals surface area (Å²) in [5.74, 6) is 0.247. The van der Waals surface area contributed by atoms with Gasteiger partial charge in [0.2, 0.25) is 5.91 Å². The number of hydrogen-bond donors (Lipinski definition) is 2. The highest BCUT2D eigenvalue weighted by Gasteiger charge is 2.05. The van der Waals surface area contributed by atoms with Gasteiger partial charge in [-0.15, -0.1) is 0 Å². The standard InChI is InChI=1S/C13H18N2O3S/c1-15(2)7-8-19-9-12(16)14-11-5-3-10(4-6-11)13(17)18/h3-6H,7-9H2,1-2H3,(H,14,16)(H,17,18). The van der Waals surface area contributed by atoms with Crippen LogP contribution in [0.15, 0.2) is 24.3 Å². The Kier molecular flexibility index (Phi) is 6.38. The van der Waals surface area contributed by atoms with Crippen LogP contribution in [0.4, 0.5) is 5.69 Å². The van der Waals surface area contributed by atoms with Crippen LogP contribution >= 0.6 is 11.8 Å². The number of amides is 1. The summed E-state index contributed by atoms with van der Waals surface area (Å²) >= 11 is 1.57. The number of carbonyl (C=O) groups is 2. The lowest BCUT2D eigenvalue weighted by Crippen LogP contribution is -2.18. The van der Waals surface area contributed by atoms with Gasteiger partial charge < -0.3 is 15.3 Å². The molecule has 1 rings (SSSR count). The molecule has 0 bridgehead atoms. The minimum atomic E-state index is -0.975. The molecular formula is C13H18N2O3S. The third kappa shape index (κ3) is 6.26. The van der Waals surface area contributed by atoms with E-state index in [-0.39, 0.29) is 11.5 Å². The van der Waals surface area contributed by atoms with Crippen LogP contribution in [0.5, 0.6) is 0 Å². The maximum atomic E-state index is 11.6. The van der Waals surface area contributed by atoms with E-state index in [1.807, 2.05) is 14.1 Å². The minimum Gasteiger partial charge on any atom is -0.478 e. The normalized spacial score (nSPS) is 10.5. The van der Waals surface area contributed by atoms with Crippen molar-refractivity contribution >= 4 is 29.3 Å². The van der Waals surface area contributed by atoms with Crippen molar-refractivity contribution in [3.05, 3.63) is 29.8 Å². The van der Waals surface area contributed by atoms with Crippen molar-refractivity contribution in [1.82, 2.24) is 4.90 Å². The van der Waals surface area contributed by atoms with Crippen LogP contribution in [0.25, 0.3) is 0 Å². The van der Waals surface area contributed by atoms with Gasteiger partial charge in [0.05, 0.1) is 11.3 Å². The fraction of sp³-hybridized carbons (Fsp3) is 0.385. The number of aromatic carboxylic acids is 1. The zero-order valence-electron chi connectivity index (χ0n) is 11.0. The lowest BCUT2D eigenvalue weighted by atomic mass is 10.2. The van der Waals surface area contributed by atoms with Crippen molar-refractivity contribution in [1.29, 1.82) is 0 Å². The summed E-state index contributed by atoms with van der Waals surface area (Å²) in [5, 5.41) is 11.5. The Morgan fingerprint density at radius 3 is 2.42 bits per heavy atom. The average Bonchev–Trinajstić information content (AvgIpc) is 2.35. The Bertz CT molecular complexity index is 432. The van der Waals surface area contributed by atoms with Gasteiger partial charge in [-0.25, -0.2) is 4.79 Å². The molecule has 0 aromatic heterocycles. The summed E-state index contributed by atoms with van der Waals surface area (Å²) in [5.41, 5.74) is 0.821. The van der Waals surface area contributed by atoms with Crippen LogP contribution in [-0.2, 0) is 4.79 Å². The third-order valence-electron chi connectivity index (χ3n) is 2.33. The molecule has 0 aliphatic rings. The summed E-state index contributed by atoms with van der Waals surface area (Å²) in [6.07, 6.45) is 0. The van der Waals surface area contributed by atoms with Gasteiger partial charge in [-0.05, 0) is 38.4 Å². The fourth-order valence-electron chi connectivity index (χ4n) is 1.31. The first-order valence-corrected chi connectivity index (χ1v) is 7.00. The number of hydrogen-bond acceptors (Lipinski definition) is 4. The predicted octanol–water partition coefficient (Wildman–Crippen LogP) is 1.62. The summed E-state index contributed by atoms with van der Waals surface area (Å²) in [6, 6.07) is 6.12. The maximum Gasteiger partial charge on any atom is 0.335 e. The summed E-state index contributed by atoms with van der Waals surface area (Å²) < 4.78 is 0. The lowest BCUT2D eigenvalue weighted by Gasteiger charge is -2.09. The van der Waals surface area contributed by atoms with E-state index in [2.05, 4.69) is 10.2 Å². The Hall–Kier alpha value is -1.53. The molecule has 104 valence electrons. The molecular weight excluding hydrogens is 264 g/mol. The van der Waals surface area contributed by atoms with Gasteiger partial charge in [0.15, 0.2) is 0 Å². The van der Waals surface area contributed by atoms with E-state index in [9.17, 15) is 9.59 Å². The molecule has 0 atom stereocenters. The van der Waals surface area contributed by atoms with E-state index in [1.54, 1.807) is 23.9 Å². The Labute approximate surface area is 117 Å². The maximum absolute atomic E-state index is 11.6. The Balaban J connectivity index is 2.34. The quantitative estimate of drug-likeness (QED) is 0.744. The van der Waals surface area contributed by atoms with Gasteiger partial charge in [0.1, 0.15) is 0 Å². The molecule has 19 heavy (non-hydrogen) atoms. The summed E-state index contributed by atoms with van der Waals surface area (Å²) in [6.45, 7) is 0.936. The first-order chi connectivity index (χ1) is 8.99. The van der Waals surface area contributed by atoms with Crippen LogP contribution in [-0.4, -0.2) is 54.0 Å². The van der Waals surface area contributed by atoms with E-state index >= 15 is 0 Å². The van der Waals surface area contributed by atoms with Gasteiger partial charge in [-0.2, -0.15) is 11.8 Å². The molecule has 0 radical (unpaired) electrons. The smallest absolute Gasteiger partial charge is 0.335 e. The Morgan fingerprint density at radius 1 is 1.26 bits per heavy atom. The largest absolute Gasteiger partial charge is 0.478 e. The van der Waals surface area contributed by atoms with Crippen molar-refractivity contribution in [2.75, 3.05) is 37.5 Å². The average molecular weight is 282 g/mol. The Morgan fingerprint density at radius 2 is 1.89 bits per heavy atom. The number of thioether (sulfide) groups is 1. The van der Waals surface area contributed by atoms with Gasteiger partial charge in [0, 0.05) is 18.0 Å². The number of carbonyl (C=O) groups excluding carboxylic acids is 1. The summed E-state index contributed by atoms with van der Waals surface area (Å²) in [7, 11) is 3.98. The molecule has 0 saturated carbocycles. The third-order valence-corrected chi connectivity index (χ3v) is 3.27. The van der Waals surface area contributed by atoms with Gasteiger partial charge in [0.25, 0.3) is 0 Å². The van der Waals surface area contributed by atoms with E-state index in [0.717, 1.165) is 12.3 Å². The number of benzene rings is 1. The van der Waals surface area contributed by atoms with E-state index in [0.29, 0.717) is 11.4 Å². The molecule has 2 N–H and O–H groups in total. The molecule has 1 amide bonds. The highest BCUT2D eigenvalue weighted by atomic mass is 32.2. The molecule has 0 heterocycles. The molecule has 1 aromatic carbocycles. The molecule has 0 saturated heterocycles. The first kappa shape index (κ1) is 15.5. The van der Waals surface area contributed by atoms with E-state index in [4.69, 9.17) is 5.11 Å². The molecule has 0 aliphatic carbocycles. The topological polar surface area (TPSA) is 69.6 Å². The zero-order chi connectivity index (χ0) is 14.3. The molecule has 0 unspecified atom stereocenters. The number of anilines is 1. The van der Waals surface area contributed by atoms with Crippen molar-refractivity contribution in [3.63, 3.8) is 0 Å². The molecule has 6 heteroatoms.